The molecule has 0 unspecified atom stereocenters. The van der Waals surface area contributed by atoms with E-state index in [1.165, 1.54) is 12.1 Å². The maximum atomic E-state index is 13.0. The number of amides is 1. The first-order valence-electron chi connectivity index (χ1n) is 8.30. The van der Waals surface area contributed by atoms with E-state index in [-0.39, 0.29) is 11.7 Å². The van der Waals surface area contributed by atoms with Crippen molar-refractivity contribution in [2.45, 2.75) is 19.8 Å². The van der Waals surface area contributed by atoms with Crippen molar-refractivity contribution in [2.75, 3.05) is 12.1 Å². The average Bonchev–Trinajstić information content (AvgIpc) is 2.95. The second kappa shape index (κ2) is 7.74. The van der Waals surface area contributed by atoms with E-state index in [0.29, 0.717) is 22.2 Å². The van der Waals surface area contributed by atoms with Crippen LogP contribution in [-0.2, 0) is 4.79 Å². The number of nitrogens with zero attached hydrogens (tertiary/aromatic N) is 2. The standard InChI is InChI=1S/C20H19BrN2O3/c1-3-7-17-15(10-13-11-16(21)19(24)18(12-13)26-2)20(25)23(22-17)14-8-5-4-6-9-14/h4-6,8-12,24H,3,7H2,1-2H3/b15-10+. The number of carbonyl (C=O) groups is 1. The smallest absolute Gasteiger partial charge is 0.280 e. The van der Waals surface area contributed by atoms with Crippen LogP contribution in [0.1, 0.15) is 25.3 Å². The van der Waals surface area contributed by atoms with Crippen molar-refractivity contribution in [3.05, 3.63) is 58.1 Å². The van der Waals surface area contributed by atoms with Crippen LogP contribution < -0.4 is 9.75 Å². The molecule has 134 valence electrons. The van der Waals surface area contributed by atoms with Crippen molar-refractivity contribution in [1.82, 2.24) is 0 Å². The number of halogens is 1. The molecule has 1 N–H and O–H groups in total. The fourth-order valence-electron chi connectivity index (χ4n) is 2.77. The number of para-hydroxylation sites is 1. The van der Waals surface area contributed by atoms with Gasteiger partial charge in [-0.25, -0.2) is 0 Å². The number of ether oxygens (including phenoxy) is 1. The molecule has 0 radical (unpaired) electrons. The Balaban J connectivity index is 2.03. The van der Waals surface area contributed by atoms with E-state index < -0.39 is 0 Å². The number of hydrogen-bond acceptors (Lipinski definition) is 4. The molecule has 2 aromatic rings. The van der Waals surface area contributed by atoms with Gasteiger partial charge in [-0.05, 0) is 58.3 Å². The fraction of sp³-hybridized carbons (Fsp3) is 0.200. The molecule has 1 aliphatic rings. The van der Waals surface area contributed by atoms with E-state index in [1.807, 2.05) is 30.3 Å². The second-order valence-electron chi connectivity index (χ2n) is 5.86. The first-order chi connectivity index (χ1) is 12.5. The summed E-state index contributed by atoms with van der Waals surface area (Å²) in [6.07, 6.45) is 3.37. The topological polar surface area (TPSA) is 62.1 Å². The highest BCUT2D eigenvalue weighted by Crippen LogP contribution is 2.36. The van der Waals surface area contributed by atoms with E-state index in [9.17, 15) is 9.90 Å². The Kier molecular flexibility index (Phi) is 5.42. The van der Waals surface area contributed by atoms with Gasteiger partial charge in [-0.2, -0.15) is 10.1 Å². The summed E-state index contributed by atoms with van der Waals surface area (Å²) in [5, 5.41) is 15.9. The van der Waals surface area contributed by atoms with Gasteiger partial charge in [-0.15, -0.1) is 0 Å². The number of phenolic OH excluding ortho intramolecular Hbond substituents is 1. The van der Waals surface area contributed by atoms with Crippen LogP contribution in [0.25, 0.3) is 6.08 Å². The SMILES string of the molecule is CCCC1=NN(c2ccccc2)C(=O)/C1=C/c1cc(Br)c(O)c(OC)c1. The highest BCUT2D eigenvalue weighted by atomic mass is 79.9. The molecule has 1 aliphatic heterocycles. The van der Waals surface area contributed by atoms with Crippen LogP contribution in [-0.4, -0.2) is 23.8 Å². The summed E-state index contributed by atoms with van der Waals surface area (Å²) in [5.74, 6) is 0.203. The molecule has 0 fully saturated rings. The summed E-state index contributed by atoms with van der Waals surface area (Å²) in [5.41, 5.74) is 2.78. The number of hydrogen-bond donors (Lipinski definition) is 1. The number of anilines is 1. The van der Waals surface area contributed by atoms with Crippen LogP contribution in [0.5, 0.6) is 11.5 Å². The van der Waals surface area contributed by atoms with Crippen molar-refractivity contribution < 1.29 is 14.6 Å². The molecule has 3 rings (SSSR count). The molecular weight excluding hydrogens is 396 g/mol. The average molecular weight is 415 g/mol. The summed E-state index contributed by atoms with van der Waals surface area (Å²) < 4.78 is 5.69. The predicted molar refractivity (Wildman–Crippen MR) is 107 cm³/mol. The van der Waals surface area contributed by atoms with Gasteiger partial charge in [-0.1, -0.05) is 31.5 Å². The monoisotopic (exact) mass is 414 g/mol. The van der Waals surface area contributed by atoms with Gasteiger partial charge in [0.1, 0.15) is 0 Å². The lowest BCUT2D eigenvalue weighted by Crippen LogP contribution is -2.21. The molecule has 1 amide bonds. The number of phenols is 1. The summed E-state index contributed by atoms with van der Waals surface area (Å²) in [7, 11) is 1.49. The Morgan fingerprint density at radius 3 is 2.65 bits per heavy atom. The quantitative estimate of drug-likeness (QED) is 0.717. The Morgan fingerprint density at radius 2 is 2.00 bits per heavy atom. The Labute approximate surface area is 160 Å². The lowest BCUT2D eigenvalue weighted by atomic mass is 10.0. The highest BCUT2D eigenvalue weighted by molar-refractivity contribution is 9.10. The normalized spacial score (nSPS) is 15.5. The molecule has 0 bridgehead atoms. The zero-order valence-corrected chi connectivity index (χ0v) is 16.2. The number of hydrazone groups is 1. The molecule has 0 atom stereocenters. The Hall–Kier alpha value is -2.60. The molecule has 6 heteroatoms. The molecule has 26 heavy (non-hydrogen) atoms. The molecule has 1 heterocycles. The lowest BCUT2D eigenvalue weighted by Gasteiger charge is -2.11. The van der Waals surface area contributed by atoms with Gasteiger partial charge >= 0.3 is 0 Å². The van der Waals surface area contributed by atoms with E-state index in [1.54, 1.807) is 18.2 Å². The zero-order chi connectivity index (χ0) is 18.7. The molecule has 0 saturated heterocycles. The van der Waals surface area contributed by atoms with E-state index in [4.69, 9.17) is 4.74 Å². The molecule has 0 saturated carbocycles. The summed E-state index contributed by atoms with van der Waals surface area (Å²) in [4.78, 5) is 13.0. The molecule has 0 spiro atoms. The molecule has 0 aromatic heterocycles. The van der Waals surface area contributed by atoms with Crippen molar-refractivity contribution >= 4 is 39.3 Å². The number of rotatable bonds is 5. The van der Waals surface area contributed by atoms with E-state index in [0.717, 1.165) is 23.4 Å². The van der Waals surface area contributed by atoms with Gasteiger partial charge in [0.05, 0.1) is 28.6 Å². The number of carbonyl (C=O) groups excluding carboxylic acids is 1. The molecular formula is C20H19BrN2O3. The van der Waals surface area contributed by atoms with Gasteiger partial charge in [-0.3, -0.25) is 4.79 Å². The van der Waals surface area contributed by atoms with Crippen molar-refractivity contribution in [3.63, 3.8) is 0 Å². The Bertz CT molecular complexity index is 891. The lowest BCUT2D eigenvalue weighted by molar-refractivity contribution is -0.114. The van der Waals surface area contributed by atoms with Gasteiger partial charge in [0, 0.05) is 0 Å². The fourth-order valence-corrected chi connectivity index (χ4v) is 3.23. The number of aromatic hydroxyl groups is 1. The van der Waals surface area contributed by atoms with Crippen LogP contribution in [0.3, 0.4) is 0 Å². The van der Waals surface area contributed by atoms with Crippen LogP contribution >= 0.6 is 15.9 Å². The van der Waals surface area contributed by atoms with Crippen LogP contribution in [0.4, 0.5) is 5.69 Å². The first kappa shape index (κ1) is 18.2. The molecule has 0 aliphatic carbocycles. The maximum absolute atomic E-state index is 13.0. The van der Waals surface area contributed by atoms with Crippen LogP contribution in [0.2, 0.25) is 0 Å². The minimum absolute atomic E-state index is 0.0285. The summed E-state index contributed by atoms with van der Waals surface area (Å²) in [6.45, 7) is 2.05. The molecule has 2 aromatic carbocycles. The first-order valence-corrected chi connectivity index (χ1v) is 9.10. The second-order valence-corrected chi connectivity index (χ2v) is 6.72. The Morgan fingerprint density at radius 1 is 1.27 bits per heavy atom. The minimum atomic E-state index is -0.164. The van der Waals surface area contributed by atoms with Crippen molar-refractivity contribution in [1.29, 1.82) is 0 Å². The maximum Gasteiger partial charge on any atom is 0.280 e. The number of methoxy groups -OCH3 is 1. The van der Waals surface area contributed by atoms with Gasteiger partial charge in [0.25, 0.3) is 5.91 Å². The summed E-state index contributed by atoms with van der Waals surface area (Å²) >= 11 is 3.31. The summed E-state index contributed by atoms with van der Waals surface area (Å²) in [6, 6.07) is 12.8. The third kappa shape index (κ3) is 3.51. The third-order valence-corrected chi connectivity index (χ3v) is 4.63. The van der Waals surface area contributed by atoms with Gasteiger partial charge in [0.2, 0.25) is 0 Å². The van der Waals surface area contributed by atoms with Gasteiger partial charge < -0.3 is 9.84 Å². The largest absolute Gasteiger partial charge is 0.503 e. The van der Waals surface area contributed by atoms with E-state index >= 15 is 0 Å². The minimum Gasteiger partial charge on any atom is -0.503 e. The van der Waals surface area contributed by atoms with Crippen LogP contribution in [0.15, 0.2) is 57.6 Å². The van der Waals surface area contributed by atoms with Crippen molar-refractivity contribution in [2.24, 2.45) is 5.10 Å². The van der Waals surface area contributed by atoms with Gasteiger partial charge in [0.15, 0.2) is 11.5 Å². The predicted octanol–water partition coefficient (Wildman–Crippen LogP) is 4.75. The van der Waals surface area contributed by atoms with Crippen LogP contribution in [0, 0.1) is 0 Å². The highest BCUT2D eigenvalue weighted by Gasteiger charge is 2.30. The van der Waals surface area contributed by atoms with Crippen molar-refractivity contribution in [3.8, 4) is 11.5 Å². The van der Waals surface area contributed by atoms with E-state index in [2.05, 4.69) is 28.0 Å². The number of benzene rings is 2. The third-order valence-electron chi connectivity index (χ3n) is 4.02. The zero-order valence-electron chi connectivity index (χ0n) is 14.6. The molecule has 5 nitrogen and oxygen atoms in total.